The first-order valence-electron chi connectivity index (χ1n) is 10.0. The summed E-state index contributed by atoms with van der Waals surface area (Å²) in [5.74, 6) is -2.25. The Morgan fingerprint density at radius 2 is 1.78 bits per heavy atom. The van der Waals surface area contributed by atoms with Gasteiger partial charge < -0.3 is 15.0 Å². The third-order valence-electron chi connectivity index (χ3n) is 5.63. The molecule has 5 rings (SSSR count). The molecule has 1 unspecified atom stereocenters. The second-order valence-corrected chi connectivity index (χ2v) is 7.55. The van der Waals surface area contributed by atoms with Gasteiger partial charge in [0.25, 0.3) is 11.7 Å². The number of aliphatic hydroxyl groups excluding tert-OH is 1. The summed E-state index contributed by atoms with van der Waals surface area (Å²) in [6.45, 7) is 0.0676. The number of benzene rings is 2. The number of H-pyrrole nitrogens is 1. The minimum atomic E-state index is -0.883. The van der Waals surface area contributed by atoms with E-state index in [9.17, 15) is 19.1 Å². The highest BCUT2D eigenvalue weighted by Crippen LogP contribution is 2.41. The maximum absolute atomic E-state index is 13.6. The van der Waals surface area contributed by atoms with Gasteiger partial charge in [-0.05, 0) is 35.9 Å². The summed E-state index contributed by atoms with van der Waals surface area (Å²) in [5.41, 5.74) is 2.28. The maximum atomic E-state index is 13.6. The van der Waals surface area contributed by atoms with Crippen molar-refractivity contribution in [2.24, 2.45) is 0 Å². The molecule has 1 amide bonds. The Morgan fingerprint density at radius 3 is 2.53 bits per heavy atom. The SMILES string of the molecule is O=C1C(=O)N(Cc2ccccn2)C(c2ccc(F)cc2)/C1=C(/O)c1c[nH]c2ccccc12. The van der Waals surface area contributed by atoms with E-state index in [1.807, 2.05) is 24.3 Å². The molecular formula is C25H18FN3O3. The van der Waals surface area contributed by atoms with Crippen molar-refractivity contribution in [3.8, 4) is 0 Å². The smallest absolute Gasteiger partial charge is 0.296 e. The number of hydrogen-bond donors (Lipinski definition) is 2. The number of carbonyl (C=O) groups is 2. The molecule has 1 aliphatic rings. The zero-order valence-electron chi connectivity index (χ0n) is 16.8. The van der Waals surface area contributed by atoms with E-state index in [2.05, 4.69) is 9.97 Å². The zero-order valence-corrected chi connectivity index (χ0v) is 16.8. The molecule has 0 bridgehead atoms. The van der Waals surface area contributed by atoms with Gasteiger partial charge in [0.1, 0.15) is 11.6 Å². The van der Waals surface area contributed by atoms with Gasteiger partial charge in [-0.15, -0.1) is 0 Å². The van der Waals surface area contributed by atoms with Gasteiger partial charge in [-0.25, -0.2) is 4.39 Å². The number of hydrogen-bond acceptors (Lipinski definition) is 4. The molecule has 32 heavy (non-hydrogen) atoms. The molecule has 1 saturated heterocycles. The molecule has 0 radical (unpaired) electrons. The van der Waals surface area contributed by atoms with Crippen LogP contribution >= 0.6 is 0 Å². The highest BCUT2D eigenvalue weighted by molar-refractivity contribution is 6.46. The summed E-state index contributed by atoms with van der Waals surface area (Å²) in [6.07, 6.45) is 3.21. The fraction of sp³-hybridized carbons (Fsp3) is 0.0800. The van der Waals surface area contributed by atoms with E-state index in [1.54, 1.807) is 30.6 Å². The van der Waals surface area contributed by atoms with Gasteiger partial charge in [0.2, 0.25) is 0 Å². The molecule has 0 spiro atoms. The number of pyridine rings is 1. The summed E-state index contributed by atoms with van der Waals surface area (Å²) in [4.78, 5) is 34.8. The highest BCUT2D eigenvalue weighted by Gasteiger charge is 2.46. The van der Waals surface area contributed by atoms with Crippen molar-refractivity contribution in [3.63, 3.8) is 0 Å². The normalized spacial score (nSPS) is 17.9. The average molecular weight is 427 g/mol. The molecular weight excluding hydrogens is 409 g/mol. The molecule has 1 atom stereocenters. The van der Waals surface area contributed by atoms with Crippen molar-refractivity contribution < 1.29 is 19.1 Å². The fourth-order valence-corrected chi connectivity index (χ4v) is 4.11. The van der Waals surface area contributed by atoms with Gasteiger partial charge in [-0.2, -0.15) is 0 Å². The molecule has 1 aliphatic heterocycles. The van der Waals surface area contributed by atoms with Gasteiger partial charge in [0.05, 0.1) is 23.9 Å². The molecule has 7 heteroatoms. The largest absolute Gasteiger partial charge is 0.507 e. The average Bonchev–Trinajstić information content (AvgIpc) is 3.35. The zero-order chi connectivity index (χ0) is 22.2. The highest BCUT2D eigenvalue weighted by atomic mass is 19.1. The molecule has 1 fully saturated rings. The predicted octanol–water partition coefficient (Wildman–Crippen LogP) is 4.32. The van der Waals surface area contributed by atoms with Crippen molar-refractivity contribution >= 4 is 28.4 Å². The molecule has 2 aromatic carbocycles. The van der Waals surface area contributed by atoms with Crippen molar-refractivity contribution in [2.45, 2.75) is 12.6 Å². The van der Waals surface area contributed by atoms with Crippen LogP contribution in [0.1, 0.15) is 22.9 Å². The Balaban J connectivity index is 1.69. The van der Waals surface area contributed by atoms with Crippen LogP contribution in [0.4, 0.5) is 4.39 Å². The van der Waals surface area contributed by atoms with Crippen LogP contribution in [0.25, 0.3) is 16.7 Å². The number of amides is 1. The molecule has 4 aromatic rings. The number of halogens is 1. The van der Waals surface area contributed by atoms with E-state index < -0.39 is 23.5 Å². The number of nitrogens with zero attached hydrogens (tertiary/aromatic N) is 2. The van der Waals surface area contributed by atoms with Crippen molar-refractivity contribution in [1.29, 1.82) is 0 Å². The summed E-state index contributed by atoms with van der Waals surface area (Å²) in [5, 5.41) is 12.0. The van der Waals surface area contributed by atoms with E-state index >= 15 is 0 Å². The van der Waals surface area contributed by atoms with Crippen molar-refractivity contribution in [2.75, 3.05) is 0 Å². The molecule has 3 heterocycles. The molecule has 0 saturated carbocycles. The van der Waals surface area contributed by atoms with Crippen molar-refractivity contribution in [3.05, 3.63) is 107 Å². The number of aliphatic hydroxyl groups is 1. The number of Topliss-reactive ketones (excluding diaryl/α,β-unsaturated/α-hetero) is 1. The van der Waals surface area contributed by atoms with E-state index in [4.69, 9.17) is 0 Å². The lowest BCUT2D eigenvalue weighted by molar-refractivity contribution is -0.140. The Labute approximate surface area is 182 Å². The number of likely N-dealkylation sites (tertiary alicyclic amines) is 1. The van der Waals surface area contributed by atoms with E-state index in [-0.39, 0.29) is 17.9 Å². The second kappa shape index (κ2) is 7.77. The van der Waals surface area contributed by atoms with Crippen LogP contribution in [0.2, 0.25) is 0 Å². The van der Waals surface area contributed by atoms with Gasteiger partial charge in [0, 0.05) is 28.9 Å². The molecule has 6 nitrogen and oxygen atoms in total. The Bertz CT molecular complexity index is 1360. The minimum absolute atomic E-state index is 0.0395. The van der Waals surface area contributed by atoms with E-state index in [1.165, 1.54) is 29.2 Å². The van der Waals surface area contributed by atoms with Gasteiger partial charge in [-0.3, -0.25) is 14.6 Å². The van der Waals surface area contributed by atoms with Crippen LogP contribution in [-0.2, 0) is 16.1 Å². The predicted molar refractivity (Wildman–Crippen MR) is 117 cm³/mol. The number of para-hydroxylation sites is 1. The third-order valence-corrected chi connectivity index (χ3v) is 5.63. The lowest BCUT2D eigenvalue weighted by atomic mass is 9.95. The number of rotatable bonds is 4. The Kier molecular flexibility index (Phi) is 4.78. The summed E-state index contributed by atoms with van der Waals surface area (Å²) in [6, 6.07) is 17.3. The minimum Gasteiger partial charge on any atom is -0.507 e. The molecule has 0 aliphatic carbocycles. The van der Waals surface area contributed by atoms with Crippen LogP contribution in [0.15, 0.2) is 84.7 Å². The summed E-state index contributed by atoms with van der Waals surface area (Å²) in [7, 11) is 0. The Morgan fingerprint density at radius 1 is 1.03 bits per heavy atom. The molecule has 158 valence electrons. The van der Waals surface area contributed by atoms with Gasteiger partial charge in [0.15, 0.2) is 0 Å². The standard InChI is InChI=1S/C25H18FN3O3/c26-16-10-8-15(9-11-16)22-21(23(30)19-13-28-20-7-2-1-6-18(19)20)24(31)25(32)29(22)14-17-5-3-4-12-27-17/h1-13,22,28,30H,14H2/b23-21-. The van der Waals surface area contributed by atoms with Gasteiger partial charge >= 0.3 is 0 Å². The lowest BCUT2D eigenvalue weighted by Gasteiger charge is -2.25. The number of carbonyl (C=O) groups excluding carboxylic acids is 2. The van der Waals surface area contributed by atoms with Crippen LogP contribution in [-0.4, -0.2) is 31.7 Å². The van der Waals surface area contributed by atoms with Crippen LogP contribution in [0.5, 0.6) is 0 Å². The van der Waals surface area contributed by atoms with Gasteiger partial charge in [-0.1, -0.05) is 36.4 Å². The summed E-state index contributed by atoms with van der Waals surface area (Å²) < 4.78 is 13.6. The Hall–Kier alpha value is -4.26. The number of fused-ring (bicyclic) bond motifs is 1. The van der Waals surface area contributed by atoms with E-state index in [0.717, 1.165) is 10.9 Å². The number of aromatic amines is 1. The topological polar surface area (TPSA) is 86.3 Å². The van der Waals surface area contributed by atoms with E-state index in [0.29, 0.717) is 16.8 Å². The fourth-order valence-electron chi connectivity index (χ4n) is 4.11. The summed E-state index contributed by atoms with van der Waals surface area (Å²) >= 11 is 0. The number of nitrogens with one attached hydrogen (secondary N) is 1. The maximum Gasteiger partial charge on any atom is 0.296 e. The van der Waals surface area contributed by atoms with Crippen LogP contribution < -0.4 is 0 Å². The van der Waals surface area contributed by atoms with Crippen LogP contribution in [0.3, 0.4) is 0 Å². The van der Waals surface area contributed by atoms with Crippen LogP contribution in [0, 0.1) is 5.82 Å². The molecule has 2 N–H and O–H groups in total. The number of ketones is 1. The molecule has 2 aromatic heterocycles. The second-order valence-electron chi connectivity index (χ2n) is 7.55. The monoisotopic (exact) mass is 427 g/mol. The number of aromatic nitrogens is 2. The third kappa shape index (κ3) is 3.24. The van der Waals surface area contributed by atoms with Crippen molar-refractivity contribution in [1.82, 2.24) is 14.9 Å². The first-order valence-corrected chi connectivity index (χ1v) is 10.0. The first-order chi connectivity index (χ1) is 15.5. The quantitative estimate of drug-likeness (QED) is 0.288. The lowest BCUT2D eigenvalue weighted by Crippen LogP contribution is -2.29. The first kappa shape index (κ1) is 19.7.